The van der Waals surface area contributed by atoms with Gasteiger partial charge in [0.05, 0.1) is 6.42 Å². The monoisotopic (exact) mass is 458 g/mol. The summed E-state index contributed by atoms with van der Waals surface area (Å²) in [7, 11) is 0. The number of aliphatic carboxylic acids is 1. The molecule has 7 nitrogen and oxygen atoms in total. The second-order valence-corrected chi connectivity index (χ2v) is 8.26. The van der Waals surface area contributed by atoms with E-state index in [1.54, 1.807) is 0 Å². The number of nitrogens with zero attached hydrogens (tertiary/aromatic N) is 1. The van der Waals surface area contributed by atoms with Crippen molar-refractivity contribution in [2.75, 3.05) is 13.2 Å². The molecular weight excluding hydrogens is 434 g/mol. The molecule has 2 aliphatic rings. The number of alkyl halides is 2. The van der Waals surface area contributed by atoms with Gasteiger partial charge in [0.1, 0.15) is 19.2 Å². The van der Waals surface area contributed by atoms with Crippen molar-refractivity contribution in [2.24, 2.45) is 0 Å². The average Bonchev–Trinajstić information content (AvgIpc) is 3.58. The summed E-state index contributed by atoms with van der Waals surface area (Å²) in [5.74, 6) is -2.17. The minimum absolute atomic E-state index is 0.0447. The number of nitrogens with one attached hydrogen (secondary N) is 1. The fourth-order valence-electron chi connectivity index (χ4n) is 4.25. The minimum Gasteiger partial charge on any atom is -0.480 e. The van der Waals surface area contributed by atoms with E-state index in [4.69, 9.17) is 9.84 Å². The van der Waals surface area contributed by atoms with Gasteiger partial charge in [0.25, 0.3) is 6.43 Å². The van der Waals surface area contributed by atoms with E-state index >= 15 is 0 Å². The number of carbonyl (C=O) groups excluding carboxylic acids is 2. The van der Waals surface area contributed by atoms with Crippen molar-refractivity contribution in [1.82, 2.24) is 10.2 Å². The topological polar surface area (TPSA) is 95.9 Å². The lowest BCUT2D eigenvalue weighted by Gasteiger charge is -2.24. The third-order valence-electron chi connectivity index (χ3n) is 5.96. The van der Waals surface area contributed by atoms with Crippen LogP contribution >= 0.6 is 0 Å². The van der Waals surface area contributed by atoms with Crippen LogP contribution in [0.25, 0.3) is 11.1 Å². The zero-order valence-corrected chi connectivity index (χ0v) is 17.7. The second kappa shape index (κ2) is 9.56. The molecule has 0 heterocycles. The molecule has 0 aliphatic heterocycles. The predicted molar refractivity (Wildman–Crippen MR) is 115 cm³/mol. The van der Waals surface area contributed by atoms with Crippen LogP contribution in [0.5, 0.6) is 0 Å². The maximum absolute atomic E-state index is 13.5. The quantitative estimate of drug-likeness (QED) is 0.598. The van der Waals surface area contributed by atoms with Gasteiger partial charge in [0, 0.05) is 12.0 Å². The molecule has 1 atom stereocenters. The normalized spacial score (nSPS) is 15.5. The molecule has 1 unspecified atom stereocenters. The van der Waals surface area contributed by atoms with Gasteiger partial charge in [-0.05, 0) is 35.1 Å². The number of amides is 2. The summed E-state index contributed by atoms with van der Waals surface area (Å²) in [6.45, 7) is -0.596. The lowest BCUT2D eigenvalue weighted by Crippen LogP contribution is -2.46. The fraction of sp³-hybridized carbons (Fsp3) is 0.375. The lowest BCUT2D eigenvalue weighted by molar-refractivity contribution is -0.145. The Morgan fingerprint density at radius 1 is 1.03 bits per heavy atom. The molecule has 174 valence electrons. The number of hydrogen-bond acceptors (Lipinski definition) is 4. The van der Waals surface area contributed by atoms with Crippen LogP contribution in [0.4, 0.5) is 13.6 Å². The first-order chi connectivity index (χ1) is 15.8. The van der Waals surface area contributed by atoms with Gasteiger partial charge in [-0.1, -0.05) is 48.5 Å². The Morgan fingerprint density at radius 2 is 1.61 bits per heavy atom. The first-order valence-electron chi connectivity index (χ1n) is 10.8. The Kier molecular flexibility index (Phi) is 6.57. The number of halogens is 2. The van der Waals surface area contributed by atoms with Crippen molar-refractivity contribution in [2.45, 2.75) is 43.7 Å². The predicted octanol–water partition coefficient (Wildman–Crippen LogP) is 3.62. The highest BCUT2D eigenvalue weighted by Crippen LogP contribution is 2.44. The number of fused-ring (bicyclic) bond motifs is 3. The van der Waals surface area contributed by atoms with E-state index in [1.165, 1.54) is 0 Å². The van der Waals surface area contributed by atoms with Crippen LogP contribution in [0, 0.1) is 0 Å². The van der Waals surface area contributed by atoms with Gasteiger partial charge in [-0.25, -0.2) is 13.6 Å². The molecule has 2 N–H and O–H groups in total. The van der Waals surface area contributed by atoms with Crippen LogP contribution in [0.15, 0.2) is 48.5 Å². The van der Waals surface area contributed by atoms with Gasteiger partial charge in [-0.3, -0.25) is 9.59 Å². The zero-order chi connectivity index (χ0) is 23.5. The highest BCUT2D eigenvalue weighted by atomic mass is 19.3. The van der Waals surface area contributed by atoms with E-state index in [0.29, 0.717) is 12.8 Å². The number of rotatable bonds is 9. The minimum atomic E-state index is -3.01. The Hall–Kier alpha value is -3.49. The van der Waals surface area contributed by atoms with Crippen LogP contribution < -0.4 is 5.32 Å². The molecule has 0 spiro atoms. The third-order valence-corrected chi connectivity index (χ3v) is 5.96. The van der Waals surface area contributed by atoms with E-state index in [0.717, 1.165) is 27.2 Å². The van der Waals surface area contributed by atoms with E-state index < -0.39 is 43.4 Å². The SMILES string of the molecule is O=C(O)CN(C(=O)CC(NC(=O)OCC1c2ccccc2-c2ccccc21)C(F)F)C1CC1. The Morgan fingerprint density at radius 3 is 2.12 bits per heavy atom. The van der Waals surface area contributed by atoms with Gasteiger partial charge >= 0.3 is 12.1 Å². The van der Waals surface area contributed by atoms with E-state index in [9.17, 15) is 23.2 Å². The lowest BCUT2D eigenvalue weighted by atomic mass is 9.98. The average molecular weight is 458 g/mol. The Labute approximate surface area is 189 Å². The number of ether oxygens (including phenoxy) is 1. The standard InChI is InChI=1S/C24H24F2N2O5/c25-23(26)20(11-21(29)28(12-22(30)31)14-9-10-14)27-24(32)33-13-19-17-7-3-1-5-15(17)16-6-2-4-8-18(16)19/h1-8,14,19-20,23H,9-13H2,(H,27,32)(H,30,31). The smallest absolute Gasteiger partial charge is 0.407 e. The maximum atomic E-state index is 13.5. The van der Waals surface area contributed by atoms with Crippen molar-refractivity contribution in [3.63, 3.8) is 0 Å². The molecular formula is C24H24F2N2O5. The summed E-state index contributed by atoms with van der Waals surface area (Å²) >= 11 is 0. The van der Waals surface area contributed by atoms with E-state index in [-0.39, 0.29) is 18.6 Å². The molecule has 4 rings (SSSR count). The Bertz CT molecular complexity index is 1010. The fourth-order valence-corrected chi connectivity index (χ4v) is 4.25. The molecule has 0 bridgehead atoms. The molecule has 2 aromatic rings. The number of carbonyl (C=O) groups is 3. The number of benzene rings is 2. The molecule has 0 saturated heterocycles. The van der Waals surface area contributed by atoms with Crippen molar-refractivity contribution in [1.29, 1.82) is 0 Å². The van der Waals surface area contributed by atoms with Crippen LogP contribution in [0.1, 0.15) is 36.3 Å². The van der Waals surface area contributed by atoms with Crippen molar-refractivity contribution >= 4 is 18.0 Å². The number of carboxylic acids is 1. The zero-order valence-electron chi connectivity index (χ0n) is 17.7. The highest BCUT2D eigenvalue weighted by molar-refractivity contribution is 5.83. The molecule has 2 aliphatic carbocycles. The van der Waals surface area contributed by atoms with Crippen LogP contribution in [0.3, 0.4) is 0 Å². The maximum Gasteiger partial charge on any atom is 0.407 e. The number of alkyl carbamates (subject to hydrolysis) is 1. The van der Waals surface area contributed by atoms with Crippen LogP contribution in [-0.4, -0.2) is 59.6 Å². The molecule has 1 fully saturated rings. The summed E-state index contributed by atoms with van der Waals surface area (Å²) in [6, 6.07) is 13.4. The molecule has 1 saturated carbocycles. The van der Waals surface area contributed by atoms with Gasteiger partial charge in [0.15, 0.2) is 0 Å². The van der Waals surface area contributed by atoms with Crippen molar-refractivity contribution in [3.05, 3.63) is 59.7 Å². The summed E-state index contributed by atoms with van der Waals surface area (Å²) in [5, 5.41) is 11.1. The first-order valence-corrected chi connectivity index (χ1v) is 10.8. The molecule has 2 amide bonds. The summed E-state index contributed by atoms with van der Waals surface area (Å²) < 4.78 is 32.4. The molecule has 0 radical (unpaired) electrons. The van der Waals surface area contributed by atoms with Crippen LogP contribution in [0.2, 0.25) is 0 Å². The summed E-state index contributed by atoms with van der Waals surface area (Å²) in [5.41, 5.74) is 4.05. The van der Waals surface area contributed by atoms with E-state index in [1.807, 2.05) is 48.5 Å². The van der Waals surface area contributed by atoms with E-state index in [2.05, 4.69) is 5.32 Å². The van der Waals surface area contributed by atoms with Gasteiger partial charge in [-0.15, -0.1) is 0 Å². The molecule has 0 aromatic heterocycles. The number of carboxylic acid groups (broad SMARTS) is 1. The second-order valence-electron chi connectivity index (χ2n) is 8.26. The largest absolute Gasteiger partial charge is 0.480 e. The third kappa shape index (κ3) is 5.13. The van der Waals surface area contributed by atoms with Crippen molar-refractivity contribution in [3.8, 4) is 11.1 Å². The first kappa shape index (κ1) is 22.7. The molecule has 2 aromatic carbocycles. The Balaban J connectivity index is 1.38. The van der Waals surface area contributed by atoms with Crippen LogP contribution in [-0.2, 0) is 14.3 Å². The number of hydrogen-bond donors (Lipinski definition) is 2. The van der Waals surface area contributed by atoms with Gasteiger partial charge in [-0.2, -0.15) is 0 Å². The highest BCUT2D eigenvalue weighted by Gasteiger charge is 2.37. The van der Waals surface area contributed by atoms with Gasteiger partial charge in [0.2, 0.25) is 5.91 Å². The summed E-state index contributed by atoms with van der Waals surface area (Å²) in [6.07, 6.45) is -3.49. The van der Waals surface area contributed by atoms with Gasteiger partial charge < -0.3 is 20.1 Å². The summed E-state index contributed by atoms with van der Waals surface area (Å²) in [4.78, 5) is 36.8. The molecule has 9 heteroatoms. The van der Waals surface area contributed by atoms with Crippen molar-refractivity contribution < 1.29 is 33.0 Å². The molecule has 33 heavy (non-hydrogen) atoms.